The third-order valence-electron chi connectivity index (χ3n) is 7.38. The minimum atomic E-state index is 0.576. The molecule has 0 saturated heterocycles. The summed E-state index contributed by atoms with van der Waals surface area (Å²) in [6.07, 6.45) is 13.3. The molecule has 0 unspecified atom stereocenters. The molecule has 4 rings (SSSR count). The second kappa shape index (κ2) is 12.6. The number of anilines is 2. The molecule has 2 nitrogen and oxygen atoms in total. The summed E-state index contributed by atoms with van der Waals surface area (Å²) >= 11 is 0. The topological polar surface area (TPSA) is 6.48 Å². The van der Waals surface area contributed by atoms with Gasteiger partial charge in [-0.2, -0.15) is 0 Å². The molecule has 0 atom stereocenters. The fourth-order valence-electron chi connectivity index (χ4n) is 5.13. The van der Waals surface area contributed by atoms with Gasteiger partial charge in [-0.25, -0.2) is 0 Å². The van der Waals surface area contributed by atoms with Crippen molar-refractivity contribution in [2.45, 2.75) is 58.4 Å². The Morgan fingerprint density at radius 2 is 1.53 bits per heavy atom. The number of rotatable bonds is 10. The molecule has 3 aromatic carbocycles. The number of hydrogen-bond donors (Lipinski definition) is 0. The predicted molar refractivity (Wildman–Crippen MR) is 158 cm³/mol. The van der Waals surface area contributed by atoms with Gasteiger partial charge in [0.05, 0.1) is 0 Å². The van der Waals surface area contributed by atoms with E-state index in [1.54, 1.807) is 0 Å². The fraction of sp³-hybridized carbons (Fsp3) is 0.353. The molecule has 0 spiro atoms. The Bertz CT molecular complexity index is 1130. The van der Waals surface area contributed by atoms with E-state index in [0.717, 1.165) is 13.0 Å². The molecule has 0 bridgehead atoms. The van der Waals surface area contributed by atoms with Crippen LogP contribution in [0.1, 0.15) is 63.0 Å². The fourth-order valence-corrected chi connectivity index (χ4v) is 5.13. The smallest absolute Gasteiger partial charge is 0.0478 e. The van der Waals surface area contributed by atoms with Crippen LogP contribution < -0.4 is 9.80 Å². The lowest BCUT2D eigenvalue weighted by atomic mass is 9.86. The second-order valence-corrected chi connectivity index (χ2v) is 10.3. The lowest BCUT2D eigenvalue weighted by Crippen LogP contribution is -2.27. The van der Waals surface area contributed by atoms with Crippen LogP contribution in [0.25, 0.3) is 17.2 Å². The van der Waals surface area contributed by atoms with Crippen LogP contribution in [-0.2, 0) is 6.54 Å². The van der Waals surface area contributed by atoms with Crippen LogP contribution in [0.4, 0.5) is 11.4 Å². The highest BCUT2D eigenvalue weighted by molar-refractivity contribution is 5.67. The summed E-state index contributed by atoms with van der Waals surface area (Å²) < 4.78 is 0. The van der Waals surface area contributed by atoms with Gasteiger partial charge in [-0.3, -0.25) is 0 Å². The van der Waals surface area contributed by atoms with Crippen LogP contribution in [0.3, 0.4) is 0 Å². The molecule has 1 fully saturated rings. The van der Waals surface area contributed by atoms with Gasteiger partial charge in [-0.15, -0.1) is 0 Å². The van der Waals surface area contributed by atoms with Gasteiger partial charge < -0.3 is 9.80 Å². The zero-order valence-electron chi connectivity index (χ0n) is 22.4. The van der Waals surface area contributed by atoms with E-state index in [1.165, 1.54) is 77.9 Å². The maximum atomic E-state index is 4.65. The summed E-state index contributed by atoms with van der Waals surface area (Å²) in [5.41, 5.74) is 8.82. The summed E-state index contributed by atoms with van der Waals surface area (Å²) in [6.45, 7) is 7.72. The van der Waals surface area contributed by atoms with Crippen molar-refractivity contribution in [3.63, 3.8) is 0 Å². The minimum Gasteiger partial charge on any atom is -0.378 e. The van der Waals surface area contributed by atoms with E-state index in [0.29, 0.717) is 5.92 Å². The zero-order chi connectivity index (χ0) is 25.3. The molecular weight excluding hydrogens is 436 g/mol. The largest absolute Gasteiger partial charge is 0.378 e. The van der Waals surface area contributed by atoms with Crippen LogP contribution in [0.5, 0.6) is 0 Å². The SMILES string of the molecule is C=C(C1CCCCC1)N(Cc1ccc(-c2ccc(N(C)C)cc2)cc1)c1cccc(/C=C/CCC)c1. The normalized spacial score (nSPS) is 14.2. The van der Waals surface area contributed by atoms with Crippen LogP contribution >= 0.6 is 0 Å². The molecule has 1 aliphatic carbocycles. The first-order chi connectivity index (χ1) is 17.5. The maximum Gasteiger partial charge on any atom is 0.0478 e. The summed E-state index contributed by atoms with van der Waals surface area (Å²) in [5.74, 6) is 0.576. The zero-order valence-corrected chi connectivity index (χ0v) is 22.4. The van der Waals surface area contributed by atoms with Crippen LogP contribution in [0.2, 0.25) is 0 Å². The van der Waals surface area contributed by atoms with Crippen LogP contribution in [0.15, 0.2) is 91.1 Å². The van der Waals surface area contributed by atoms with E-state index in [4.69, 9.17) is 0 Å². The molecule has 0 heterocycles. The predicted octanol–water partition coefficient (Wildman–Crippen LogP) is 9.33. The van der Waals surface area contributed by atoms with E-state index in [-0.39, 0.29) is 0 Å². The summed E-state index contributed by atoms with van der Waals surface area (Å²) in [5, 5.41) is 0. The highest BCUT2D eigenvalue weighted by Gasteiger charge is 2.22. The number of unbranched alkanes of at least 4 members (excludes halogenated alkanes) is 1. The minimum absolute atomic E-state index is 0.576. The standard InChI is InChI=1S/C34H42N2/c1-5-6-8-12-28-13-11-16-34(25-28)36(27(2)30-14-9-7-10-15-30)26-29-17-19-31(20-18-29)32-21-23-33(24-22-32)35(3)4/h8,11-13,16-25,30H,2,5-7,9-10,14-15,26H2,1,3-4H3/b12-8+. The lowest BCUT2D eigenvalue weighted by Gasteiger charge is -2.34. The molecule has 0 radical (unpaired) electrons. The van der Waals surface area contributed by atoms with E-state index >= 15 is 0 Å². The van der Waals surface area contributed by atoms with Crippen molar-refractivity contribution in [3.05, 3.63) is 102 Å². The molecule has 2 heteroatoms. The Balaban J connectivity index is 1.57. The molecule has 188 valence electrons. The highest BCUT2D eigenvalue weighted by Crippen LogP contribution is 2.35. The van der Waals surface area contributed by atoms with Crippen molar-refractivity contribution in [3.8, 4) is 11.1 Å². The van der Waals surface area contributed by atoms with Crippen molar-refractivity contribution in [2.24, 2.45) is 5.92 Å². The van der Waals surface area contributed by atoms with Crippen molar-refractivity contribution in [1.82, 2.24) is 0 Å². The van der Waals surface area contributed by atoms with E-state index in [9.17, 15) is 0 Å². The molecule has 1 saturated carbocycles. The monoisotopic (exact) mass is 478 g/mol. The van der Waals surface area contributed by atoms with Gasteiger partial charge in [0, 0.05) is 37.7 Å². The van der Waals surface area contributed by atoms with Crippen LogP contribution in [-0.4, -0.2) is 14.1 Å². The Kier molecular flexibility index (Phi) is 9.06. The number of nitrogens with zero attached hydrogens (tertiary/aromatic N) is 2. The van der Waals surface area contributed by atoms with E-state index in [1.807, 2.05) is 0 Å². The molecule has 0 aromatic heterocycles. The average Bonchev–Trinajstić information content (AvgIpc) is 2.92. The quantitative estimate of drug-likeness (QED) is 0.286. The summed E-state index contributed by atoms with van der Waals surface area (Å²) in [7, 11) is 4.15. The maximum absolute atomic E-state index is 4.65. The van der Waals surface area contributed by atoms with Gasteiger partial charge in [0.25, 0.3) is 0 Å². The summed E-state index contributed by atoms with van der Waals surface area (Å²) in [6, 6.07) is 26.8. The Labute approximate surface area is 219 Å². The number of benzene rings is 3. The van der Waals surface area contributed by atoms with Crippen molar-refractivity contribution < 1.29 is 0 Å². The molecule has 36 heavy (non-hydrogen) atoms. The molecule has 0 aliphatic heterocycles. The number of hydrogen-bond acceptors (Lipinski definition) is 2. The van der Waals surface area contributed by atoms with E-state index < -0.39 is 0 Å². The van der Waals surface area contributed by atoms with Gasteiger partial charge in [0.15, 0.2) is 0 Å². The Morgan fingerprint density at radius 1 is 0.861 bits per heavy atom. The Morgan fingerprint density at radius 3 is 2.17 bits per heavy atom. The van der Waals surface area contributed by atoms with Gasteiger partial charge in [-0.1, -0.05) is 99.9 Å². The third kappa shape index (κ3) is 6.69. The van der Waals surface area contributed by atoms with Gasteiger partial charge in [0.2, 0.25) is 0 Å². The van der Waals surface area contributed by atoms with Crippen LogP contribution in [0, 0.1) is 5.92 Å². The molecule has 1 aliphatic rings. The molecule has 0 N–H and O–H groups in total. The average molecular weight is 479 g/mol. The molecular formula is C34H42N2. The number of allylic oxidation sites excluding steroid dienone is 2. The summed E-state index contributed by atoms with van der Waals surface area (Å²) in [4.78, 5) is 4.60. The van der Waals surface area contributed by atoms with Gasteiger partial charge in [0.1, 0.15) is 0 Å². The third-order valence-corrected chi connectivity index (χ3v) is 7.38. The van der Waals surface area contributed by atoms with Crippen molar-refractivity contribution in [2.75, 3.05) is 23.9 Å². The molecule has 0 amide bonds. The first kappa shape index (κ1) is 25.8. The highest BCUT2D eigenvalue weighted by atomic mass is 15.1. The van der Waals surface area contributed by atoms with Crippen molar-refractivity contribution in [1.29, 1.82) is 0 Å². The molecule has 3 aromatic rings. The first-order valence-electron chi connectivity index (χ1n) is 13.6. The van der Waals surface area contributed by atoms with Crippen molar-refractivity contribution >= 4 is 17.5 Å². The van der Waals surface area contributed by atoms with E-state index in [2.05, 4.69) is 122 Å². The first-order valence-corrected chi connectivity index (χ1v) is 13.6. The Hall–Kier alpha value is -3.26. The second-order valence-electron chi connectivity index (χ2n) is 10.3. The lowest BCUT2D eigenvalue weighted by molar-refractivity contribution is 0.396. The van der Waals surface area contributed by atoms with Gasteiger partial charge >= 0.3 is 0 Å². The van der Waals surface area contributed by atoms with Gasteiger partial charge in [-0.05, 0) is 71.7 Å².